The van der Waals surface area contributed by atoms with Crippen LogP contribution >= 0.6 is 0 Å². The quantitative estimate of drug-likeness (QED) is 0.806. The van der Waals surface area contributed by atoms with Gasteiger partial charge in [-0.1, -0.05) is 6.92 Å². The van der Waals surface area contributed by atoms with Crippen molar-refractivity contribution >= 4 is 11.5 Å². The van der Waals surface area contributed by atoms with Crippen molar-refractivity contribution in [2.45, 2.75) is 19.9 Å². The van der Waals surface area contributed by atoms with Gasteiger partial charge in [-0.2, -0.15) is 0 Å². The van der Waals surface area contributed by atoms with Gasteiger partial charge in [0.2, 0.25) is 0 Å². The molecule has 1 aromatic rings. The highest BCUT2D eigenvalue weighted by molar-refractivity contribution is 5.94. The number of hydrogen-bond donors (Lipinski definition) is 2. The van der Waals surface area contributed by atoms with Gasteiger partial charge in [0.1, 0.15) is 0 Å². The van der Waals surface area contributed by atoms with Crippen molar-refractivity contribution < 1.29 is 9.90 Å². The fourth-order valence-electron chi connectivity index (χ4n) is 2.45. The van der Waals surface area contributed by atoms with Crippen LogP contribution in [0.1, 0.15) is 24.2 Å². The van der Waals surface area contributed by atoms with Crippen LogP contribution < -0.4 is 10.2 Å². The van der Waals surface area contributed by atoms with E-state index in [4.69, 9.17) is 0 Å². The smallest absolute Gasteiger partial charge is 0.159 e. The van der Waals surface area contributed by atoms with Gasteiger partial charge < -0.3 is 15.3 Å². The number of nitrogens with zero attached hydrogens (tertiary/aromatic N) is 1. The average Bonchev–Trinajstić information content (AvgIpc) is 2.60. The summed E-state index contributed by atoms with van der Waals surface area (Å²) in [6.45, 7) is 6.60. The van der Waals surface area contributed by atoms with Gasteiger partial charge in [-0.05, 0) is 43.7 Å². The van der Waals surface area contributed by atoms with E-state index in [0.29, 0.717) is 5.92 Å². The first-order chi connectivity index (χ1) is 9.10. The summed E-state index contributed by atoms with van der Waals surface area (Å²) in [6.07, 6.45) is 0. The number of hydrogen-bond acceptors (Lipinski definition) is 4. The molecule has 0 saturated carbocycles. The maximum atomic E-state index is 11.3. The number of nitrogens with one attached hydrogen (secondary N) is 1. The molecule has 0 aliphatic carbocycles. The summed E-state index contributed by atoms with van der Waals surface area (Å²) < 4.78 is 0. The lowest BCUT2D eigenvalue weighted by atomic mass is 10.1. The second-order valence-corrected chi connectivity index (χ2v) is 5.40. The van der Waals surface area contributed by atoms with E-state index in [1.807, 2.05) is 24.3 Å². The van der Waals surface area contributed by atoms with Crippen LogP contribution in [-0.2, 0) is 0 Å². The van der Waals surface area contributed by atoms with Crippen molar-refractivity contribution in [3.05, 3.63) is 29.8 Å². The van der Waals surface area contributed by atoms with E-state index in [9.17, 15) is 9.90 Å². The van der Waals surface area contributed by atoms with Crippen molar-refractivity contribution in [1.29, 1.82) is 0 Å². The summed E-state index contributed by atoms with van der Waals surface area (Å²) in [5, 5.41) is 12.7. The third kappa shape index (κ3) is 3.55. The Hall–Kier alpha value is -1.39. The summed E-state index contributed by atoms with van der Waals surface area (Å²) in [4.78, 5) is 13.6. The van der Waals surface area contributed by atoms with Crippen LogP contribution in [0.5, 0.6) is 0 Å². The Labute approximate surface area is 114 Å². The molecular formula is C15H22N2O2. The van der Waals surface area contributed by atoms with E-state index in [1.165, 1.54) is 0 Å². The molecule has 104 valence electrons. The largest absolute Gasteiger partial charge is 0.395 e. The molecule has 1 fully saturated rings. The van der Waals surface area contributed by atoms with Gasteiger partial charge in [0, 0.05) is 30.4 Å². The topological polar surface area (TPSA) is 52.6 Å². The summed E-state index contributed by atoms with van der Waals surface area (Å²) >= 11 is 0. The minimum atomic E-state index is 0.0886. The molecule has 1 aliphatic heterocycles. The number of aliphatic hydroxyl groups is 1. The lowest BCUT2D eigenvalue weighted by Crippen LogP contribution is -2.40. The van der Waals surface area contributed by atoms with Crippen LogP contribution in [0.25, 0.3) is 0 Å². The predicted octanol–water partition coefficient (Wildman–Crippen LogP) is 1.30. The summed E-state index contributed by atoms with van der Waals surface area (Å²) in [6, 6.07) is 7.83. The third-order valence-corrected chi connectivity index (χ3v) is 3.59. The Morgan fingerprint density at radius 2 is 2.05 bits per heavy atom. The zero-order valence-corrected chi connectivity index (χ0v) is 11.6. The Kier molecular flexibility index (Phi) is 4.56. The van der Waals surface area contributed by atoms with Gasteiger partial charge in [-0.25, -0.2) is 0 Å². The molecule has 2 unspecified atom stereocenters. The first kappa shape index (κ1) is 14.0. The molecule has 0 radical (unpaired) electrons. The van der Waals surface area contributed by atoms with Crippen LogP contribution in [0.15, 0.2) is 24.3 Å². The lowest BCUT2D eigenvalue weighted by Gasteiger charge is -2.26. The molecule has 0 bridgehead atoms. The third-order valence-electron chi connectivity index (χ3n) is 3.59. The molecule has 2 rings (SSSR count). The molecule has 0 amide bonds. The van der Waals surface area contributed by atoms with Crippen molar-refractivity contribution in [3.8, 4) is 0 Å². The van der Waals surface area contributed by atoms with Crippen LogP contribution in [0.3, 0.4) is 0 Å². The number of carbonyl (C=O) groups is 1. The van der Waals surface area contributed by atoms with Gasteiger partial charge in [-0.3, -0.25) is 4.79 Å². The molecule has 2 atom stereocenters. The molecule has 1 saturated heterocycles. The number of anilines is 1. The number of rotatable bonds is 3. The van der Waals surface area contributed by atoms with E-state index in [-0.39, 0.29) is 18.4 Å². The lowest BCUT2D eigenvalue weighted by molar-refractivity contribution is 0.101. The minimum Gasteiger partial charge on any atom is -0.395 e. The van der Waals surface area contributed by atoms with Crippen molar-refractivity contribution in [1.82, 2.24) is 5.32 Å². The van der Waals surface area contributed by atoms with Gasteiger partial charge in [0.05, 0.1) is 6.61 Å². The van der Waals surface area contributed by atoms with Crippen molar-refractivity contribution in [2.24, 2.45) is 5.92 Å². The number of benzene rings is 1. The molecule has 4 heteroatoms. The second-order valence-electron chi connectivity index (χ2n) is 5.40. The first-order valence-corrected chi connectivity index (χ1v) is 6.80. The SMILES string of the molecule is CC(=O)c1ccc(N2CC(C)CNC(CO)C2)cc1. The molecule has 4 nitrogen and oxygen atoms in total. The van der Waals surface area contributed by atoms with Crippen LogP contribution in [0.2, 0.25) is 0 Å². The predicted molar refractivity (Wildman–Crippen MR) is 76.7 cm³/mol. The van der Waals surface area contributed by atoms with E-state index in [2.05, 4.69) is 17.1 Å². The molecule has 0 aromatic heterocycles. The number of Topliss-reactive ketones (excluding diaryl/α,β-unsaturated/α-hetero) is 1. The molecule has 0 spiro atoms. The van der Waals surface area contributed by atoms with Crippen molar-refractivity contribution in [3.63, 3.8) is 0 Å². The Morgan fingerprint density at radius 3 is 2.63 bits per heavy atom. The van der Waals surface area contributed by atoms with Crippen molar-refractivity contribution in [2.75, 3.05) is 31.1 Å². The van der Waals surface area contributed by atoms with E-state index >= 15 is 0 Å². The normalized spacial score (nSPS) is 24.1. The fraction of sp³-hybridized carbons (Fsp3) is 0.533. The molecule has 2 N–H and O–H groups in total. The van der Waals surface area contributed by atoms with Crippen LogP contribution in [0, 0.1) is 5.92 Å². The van der Waals surface area contributed by atoms with Gasteiger partial charge >= 0.3 is 0 Å². The summed E-state index contributed by atoms with van der Waals surface area (Å²) in [5.41, 5.74) is 1.85. The fourth-order valence-corrected chi connectivity index (χ4v) is 2.45. The number of ketones is 1. The molecular weight excluding hydrogens is 240 g/mol. The maximum Gasteiger partial charge on any atom is 0.159 e. The zero-order chi connectivity index (χ0) is 13.8. The highest BCUT2D eigenvalue weighted by Crippen LogP contribution is 2.19. The standard InChI is InChI=1S/C15H22N2O2/c1-11-7-16-14(10-18)9-17(8-11)15-5-3-13(4-6-15)12(2)19/h3-6,11,14,16,18H,7-10H2,1-2H3. The van der Waals surface area contributed by atoms with Crippen LogP contribution in [-0.4, -0.2) is 43.2 Å². The molecule has 1 aliphatic rings. The van der Waals surface area contributed by atoms with Gasteiger partial charge in [0.25, 0.3) is 0 Å². The molecule has 19 heavy (non-hydrogen) atoms. The zero-order valence-electron chi connectivity index (χ0n) is 11.6. The monoisotopic (exact) mass is 262 g/mol. The van der Waals surface area contributed by atoms with Gasteiger partial charge in [-0.15, -0.1) is 0 Å². The van der Waals surface area contributed by atoms with E-state index in [0.717, 1.165) is 30.9 Å². The summed E-state index contributed by atoms with van der Waals surface area (Å²) in [7, 11) is 0. The second kappa shape index (κ2) is 6.17. The van der Waals surface area contributed by atoms with Gasteiger partial charge in [0.15, 0.2) is 5.78 Å². The highest BCUT2D eigenvalue weighted by Gasteiger charge is 2.21. The molecule has 1 heterocycles. The summed E-state index contributed by atoms with van der Waals surface area (Å²) in [5.74, 6) is 0.620. The Bertz CT molecular complexity index is 430. The minimum absolute atomic E-state index is 0.0886. The highest BCUT2D eigenvalue weighted by atomic mass is 16.3. The number of aliphatic hydroxyl groups excluding tert-OH is 1. The Balaban J connectivity index is 2.15. The molecule has 1 aromatic carbocycles. The first-order valence-electron chi connectivity index (χ1n) is 6.80. The number of carbonyl (C=O) groups excluding carboxylic acids is 1. The Morgan fingerprint density at radius 1 is 1.37 bits per heavy atom. The average molecular weight is 262 g/mol. The van der Waals surface area contributed by atoms with Crippen LogP contribution in [0.4, 0.5) is 5.69 Å². The van der Waals surface area contributed by atoms with E-state index < -0.39 is 0 Å². The van der Waals surface area contributed by atoms with E-state index in [1.54, 1.807) is 6.92 Å². The maximum absolute atomic E-state index is 11.3.